The van der Waals surface area contributed by atoms with Gasteiger partial charge < -0.3 is 4.98 Å². The van der Waals surface area contributed by atoms with Crippen LogP contribution >= 0.6 is 0 Å². The van der Waals surface area contributed by atoms with Crippen LogP contribution in [0, 0.1) is 5.82 Å². The van der Waals surface area contributed by atoms with E-state index in [1.54, 1.807) is 0 Å². The topological polar surface area (TPSA) is 71.9 Å². The van der Waals surface area contributed by atoms with Gasteiger partial charge in [0.05, 0.1) is 22.5 Å². The number of aromatic nitrogens is 2. The molecule has 1 aliphatic rings. The molecule has 1 aromatic heterocycles. The summed E-state index contributed by atoms with van der Waals surface area (Å²) in [5.74, 6) is -0.262. The molecule has 0 atom stereocenters. The quantitative estimate of drug-likeness (QED) is 0.855. The van der Waals surface area contributed by atoms with Gasteiger partial charge in [0, 0.05) is 6.04 Å². The molecule has 1 N–H and O–H groups in total. The van der Waals surface area contributed by atoms with E-state index in [0.717, 1.165) is 0 Å². The summed E-state index contributed by atoms with van der Waals surface area (Å²) in [6.07, 6.45) is 0.789. The molecule has 0 spiro atoms. The Morgan fingerprint density at radius 1 is 1.26 bits per heavy atom. The van der Waals surface area contributed by atoms with Crippen molar-refractivity contribution in [3.05, 3.63) is 34.5 Å². The maximum absolute atomic E-state index is 13.3. The van der Waals surface area contributed by atoms with Crippen molar-refractivity contribution in [2.45, 2.75) is 18.9 Å². The summed E-state index contributed by atoms with van der Waals surface area (Å²) in [5.41, 5.74) is 0.749. The first-order valence-corrected chi connectivity index (χ1v) is 7.89. The first-order valence-electron chi connectivity index (χ1n) is 6.06. The lowest BCUT2D eigenvalue weighted by Crippen LogP contribution is -2.30. The molecular weight excluding hydrogens is 271 g/mol. The summed E-state index contributed by atoms with van der Waals surface area (Å²) in [7, 11) is -2.98. The number of imidazole rings is 1. The fraction of sp³-hybridized carbons (Fsp3) is 0.417. The van der Waals surface area contributed by atoms with E-state index in [0.29, 0.717) is 23.9 Å². The number of H-pyrrole nitrogens is 1. The van der Waals surface area contributed by atoms with Crippen molar-refractivity contribution in [2.75, 3.05) is 11.5 Å². The van der Waals surface area contributed by atoms with E-state index in [2.05, 4.69) is 4.98 Å². The lowest BCUT2D eigenvalue weighted by molar-refractivity contribution is 0.449. The summed E-state index contributed by atoms with van der Waals surface area (Å²) in [4.78, 5) is 14.6. The first kappa shape index (κ1) is 12.4. The SMILES string of the molecule is O=c1[nH]c2ccc(F)cc2n1C1CCS(=O)(=O)CC1. The Bertz CT molecular complexity index is 777. The lowest BCUT2D eigenvalue weighted by atomic mass is 10.1. The average Bonchev–Trinajstić information content (AvgIpc) is 2.65. The van der Waals surface area contributed by atoms with Crippen molar-refractivity contribution in [1.29, 1.82) is 0 Å². The Hall–Kier alpha value is -1.63. The lowest BCUT2D eigenvalue weighted by Gasteiger charge is -2.23. The zero-order valence-electron chi connectivity index (χ0n) is 10.1. The number of aromatic amines is 1. The molecule has 2 heterocycles. The van der Waals surface area contributed by atoms with Crippen LogP contribution in [-0.4, -0.2) is 29.5 Å². The number of sulfone groups is 1. The molecule has 7 heteroatoms. The summed E-state index contributed by atoms with van der Waals surface area (Å²) in [6, 6.07) is 3.92. The number of benzene rings is 1. The van der Waals surface area contributed by atoms with E-state index < -0.39 is 15.7 Å². The van der Waals surface area contributed by atoms with Crippen LogP contribution in [0.2, 0.25) is 0 Å². The molecule has 0 aliphatic carbocycles. The van der Waals surface area contributed by atoms with Gasteiger partial charge in [-0.1, -0.05) is 0 Å². The maximum atomic E-state index is 13.3. The number of hydrogen-bond donors (Lipinski definition) is 1. The van der Waals surface area contributed by atoms with E-state index in [4.69, 9.17) is 0 Å². The summed E-state index contributed by atoms with van der Waals surface area (Å²) < 4.78 is 37.6. The molecule has 2 aromatic rings. The molecule has 0 bridgehead atoms. The van der Waals surface area contributed by atoms with Crippen LogP contribution in [0.5, 0.6) is 0 Å². The van der Waals surface area contributed by atoms with Gasteiger partial charge in [-0.05, 0) is 31.0 Å². The minimum atomic E-state index is -2.98. The number of rotatable bonds is 1. The Kier molecular flexibility index (Phi) is 2.74. The molecule has 5 nitrogen and oxygen atoms in total. The Labute approximate surface area is 109 Å². The van der Waals surface area contributed by atoms with E-state index in [1.807, 2.05) is 0 Å². The van der Waals surface area contributed by atoms with Gasteiger partial charge in [0.15, 0.2) is 0 Å². The van der Waals surface area contributed by atoms with Gasteiger partial charge >= 0.3 is 5.69 Å². The zero-order chi connectivity index (χ0) is 13.6. The molecule has 3 rings (SSSR count). The van der Waals surface area contributed by atoms with Crippen molar-refractivity contribution in [1.82, 2.24) is 9.55 Å². The molecule has 1 aliphatic heterocycles. The number of nitrogens with zero attached hydrogens (tertiary/aromatic N) is 1. The van der Waals surface area contributed by atoms with E-state index >= 15 is 0 Å². The van der Waals surface area contributed by atoms with Crippen LogP contribution in [0.1, 0.15) is 18.9 Å². The number of halogens is 1. The molecule has 0 saturated carbocycles. The van der Waals surface area contributed by atoms with E-state index in [9.17, 15) is 17.6 Å². The highest BCUT2D eigenvalue weighted by atomic mass is 32.2. The van der Waals surface area contributed by atoms with Crippen molar-refractivity contribution in [3.8, 4) is 0 Å². The molecule has 1 saturated heterocycles. The predicted molar refractivity (Wildman–Crippen MR) is 69.4 cm³/mol. The second-order valence-corrected chi connectivity index (χ2v) is 7.15. The highest BCUT2D eigenvalue weighted by Crippen LogP contribution is 2.26. The molecular formula is C12H13FN2O3S. The second-order valence-electron chi connectivity index (χ2n) is 4.84. The third-order valence-corrected chi connectivity index (χ3v) is 5.28. The third-order valence-electron chi connectivity index (χ3n) is 3.57. The first-order chi connectivity index (χ1) is 8.96. The molecule has 0 amide bonds. The van der Waals surface area contributed by atoms with Gasteiger partial charge in [-0.3, -0.25) is 4.57 Å². The van der Waals surface area contributed by atoms with Crippen LogP contribution in [0.15, 0.2) is 23.0 Å². The van der Waals surface area contributed by atoms with Crippen molar-refractivity contribution in [2.24, 2.45) is 0 Å². The van der Waals surface area contributed by atoms with E-state index in [-0.39, 0.29) is 23.2 Å². The third kappa shape index (κ3) is 2.18. The summed E-state index contributed by atoms with van der Waals surface area (Å²) in [6.45, 7) is 0. The fourth-order valence-corrected chi connectivity index (χ4v) is 4.06. The monoisotopic (exact) mass is 284 g/mol. The van der Waals surface area contributed by atoms with Crippen molar-refractivity contribution in [3.63, 3.8) is 0 Å². The highest BCUT2D eigenvalue weighted by Gasteiger charge is 2.27. The average molecular weight is 284 g/mol. The van der Waals surface area contributed by atoms with Crippen LogP contribution in [0.4, 0.5) is 4.39 Å². The number of hydrogen-bond acceptors (Lipinski definition) is 3. The largest absolute Gasteiger partial charge is 0.326 e. The zero-order valence-corrected chi connectivity index (χ0v) is 10.9. The summed E-state index contributed by atoms with van der Waals surface area (Å²) >= 11 is 0. The van der Waals surface area contributed by atoms with Crippen LogP contribution < -0.4 is 5.69 Å². The molecule has 1 fully saturated rings. The van der Waals surface area contributed by atoms with Crippen molar-refractivity contribution >= 4 is 20.9 Å². The molecule has 1 aromatic carbocycles. The van der Waals surface area contributed by atoms with E-state index in [1.165, 1.54) is 22.8 Å². The van der Waals surface area contributed by atoms with Crippen LogP contribution in [0.3, 0.4) is 0 Å². The summed E-state index contributed by atoms with van der Waals surface area (Å²) in [5, 5.41) is 0. The van der Waals surface area contributed by atoms with Gasteiger partial charge in [0.1, 0.15) is 15.7 Å². The van der Waals surface area contributed by atoms with Gasteiger partial charge in [-0.2, -0.15) is 0 Å². The number of fused-ring (bicyclic) bond motifs is 1. The smallest absolute Gasteiger partial charge is 0.306 e. The number of nitrogens with one attached hydrogen (secondary N) is 1. The van der Waals surface area contributed by atoms with Crippen LogP contribution in [-0.2, 0) is 9.84 Å². The second kappa shape index (κ2) is 4.19. The van der Waals surface area contributed by atoms with Gasteiger partial charge in [-0.15, -0.1) is 0 Å². The Balaban J connectivity index is 2.08. The van der Waals surface area contributed by atoms with Gasteiger partial charge in [-0.25, -0.2) is 17.6 Å². The molecule has 19 heavy (non-hydrogen) atoms. The van der Waals surface area contributed by atoms with Gasteiger partial charge in [0.2, 0.25) is 0 Å². The Morgan fingerprint density at radius 3 is 2.63 bits per heavy atom. The van der Waals surface area contributed by atoms with Crippen molar-refractivity contribution < 1.29 is 12.8 Å². The maximum Gasteiger partial charge on any atom is 0.326 e. The predicted octanol–water partition coefficient (Wildman–Crippen LogP) is 1.22. The normalized spacial score (nSPS) is 19.8. The standard InChI is InChI=1S/C12H13FN2O3S/c13-8-1-2-10-11(7-8)15(12(16)14-10)9-3-5-19(17,18)6-4-9/h1-2,7,9H,3-6H2,(H,14,16). The minimum absolute atomic E-state index is 0.0755. The molecule has 0 unspecified atom stereocenters. The Morgan fingerprint density at radius 2 is 1.95 bits per heavy atom. The van der Waals surface area contributed by atoms with Gasteiger partial charge in [0.25, 0.3) is 0 Å². The highest BCUT2D eigenvalue weighted by molar-refractivity contribution is 7.91. The molecule has 102 valence electrons. The van der Waals surface area contributed by atoms with Crippen LogP contribution in [0.25, 0.3) is 11.0 Å². The minimum Gasteiger partial charge on any atom is -0.306 e. The fourth-order valence-electron chi connectivity index (χ4n) is 2.59. The molecule has 0 radical (unpaired) electrons.